The van der Waals surface area contributed by atoms with Gasteiger partial charge in [0.15, 0.2) is 0 Å². The largest absolute Gasteiger partial charge is 0.478 e. The number of anilines is 1. The van der Waals surface area contributed by atoms with Crippen molar-refractivity contribution in [1.29, 1.82) is 0 Å². The maximum atomic E-state index is 12.3. The molecule has 2 N–H and O–H groups in total. The molecule has 1 aliphatic rings. The van der Waals surface area contributed by atoms with E-state index in [1.807, 2.05) is 5.32 Å². The predicted molar refractivity (Wildman–Crippen MR) is 64.7 cm³/mol. The Labute approximate surface area is 112 Å². The standard InChI is InChI=1S/C13H12F3NO3/c14-13(15,16)12(20)17-10-6-5-9(11(18)19)7-3-1-2-4-8(7)10/h5-6H,1-4H2,(H,17,20)(H,18,19). The van der Waals surface area contributed by atoms with Gasteiger partial charge in [0.25, 0.3) is 0 Å². The van der Waals surface area contributed by atoms with Crippen LogP contribution in [0.2, 0.25) is 0 Å². The van der Waals surface area contributed by atoms with E-state index in [-0.39, 0.29) is 11.3 Å². The first kappa shape index (κ1) is 14.4. The van der Waals surface area contributed by atoms with Gasteiger partial charge >= 0.3 is 18.1 Å². The molecule has 0 fully saturated rings. The number of aromatic carboxylic acids is 1. The molecule has 0 aliphatic heterocycles. The lowest BCUT2D eigenvalue weighted by molar-refractivity contribution is -0.167. The van der Waals surface area contributed by atoms with Gasteiger partial charge < -0.3 is 10.4 Å². The van der Waals surface area contributed by atoms with E-state index in [2.05, 4.69) is 0 Å². The number of hydrogen-bond donors (Lipinski definition) is 2. The molecule has 0 atom stereocenters. The molecule has 4 nitrogen and oxygen atoms in total. The lowest BCUT2D eigenvalue weighted by Crippen LogP contribution is -2.30. The van der Waals surface area contributed by atoms with Gasteiger partial charge in [-0.25, -0.2) is 4.79 Å². The molecule has 1 amide bonds. The zero-order chi connectivity index (χ0) is 14.9. The maximum absolute atomic E-state index is 12.3. The monoisotopic (exact) mass is 287 g/mol. The van der Waals surface area contributed by atoms with Crippen molar-refractivity contribution >= 4 is 17.6 Å². The lowest BCUT2D eigenvalue weighted by atomic mass is 9.87. The van der Waals surface area contributed by atoms with Gasteiger partial charge in [0, 0.05) is 5.69 Å². The molecule has 0 heterocycles. The molecule has 2 rings (SSSR count). The molecule has 1 aliphatic carbocycles. The first-order valence-corrected chi connectivity index (χ1v) is 6.07. The molecule has 0 saturated carbocycles. The fourth-order valence-electron chi connectivity index (χ4n) is 2.38. The van der Waals surface area contributed by atoms with Gasteiger partial charge in [-0.3, -0.25) is 4.79 Å². The van der Waals surface area contributed by atoms with Crippen LogP contribution in [-0.4, -0.2) is 23.2 Å². The molecule has 1 aromatic carbocycles. The Morgan fingerprint density at radius 1 is 1.10 bits per heavy atom. The highest BCUT2D eigenvalue weighted by Gasteiger charge is 2.39. The van der Waals surface area contributed by atoms with Gasteiger partial charge in [-0.1, -0.05) is 0 Å². The number of carbonyl (C=O) groups excluding carboxylic acids is 1. The summed E-state index contributed by atoms with van der Waals surface area (Å²) in [4.78, 5) is 22.1. The van der Waals surface area contributed by atoms with E-state index in [1.165, 1.54) is 12.1 Å². The minimum atomic E-state index is -4.97. The number of alkyl halides is 3. The summed E-state index contributed by atoms with van der Waals surface area (Å²) in [7, 11) is 0. The van der Waals surface area contributed by atoms with Crippen LogP contribution in [0, 0.1) is 0 Å². The number of hydrogen-bond acceptors (Lipinski definition) is 2. The molecule has 0 bridgehead atoms. The van der Waals surface area contributed by atoms with E-state index in [9.17, 15) is 22.8 Å². The van der Waals surface area contributed by atoms with Gasteiger partial charge in [0.1, 0.15) is 0 Å². The van der Waals surface area contributed by atoms with Crippen LogP contribution in [0.3, 0.4) is 0 Å². The number of halogens is 3. The third-order valence-corrected chi connectivity index (χ3v) is 3.27. The summed E-state index contributed by atoms with van der Waals surface area (Å²) >= 11 is 0. The Kier molecular flexibility index (Phi) is 3.69. The van der Waals surface area contributed by atoms with Crippen molar-refractivity contribution < 1.29 is 27.9 Å². The second-order valence-electron chi connectivity index (χ2n) is 4.58. The summed E-state index contributed by atoms with van der Waals surface area (Å²) in [6, 6.07) is 2.45. The fraction of sp³-hybridized carbons (Fsp3) is 0.385. The Bertz CT molecular complexity index is 567. The molecule has 108 valence electrons. The predicted octanol–water partition coefficient (Wildman–Crippen LogP) is 2.76. The zero-order valence-electron chi connectivity index (χ0n) is 10.4. The van der Waals surface area contributed by atoms with Crippen LogP contribution < -0.4 is 5.32 Å². The molecule has 0 saturated heterocycles. The molecular formula is C13H12F3NO3. The van der Waals surface area contributed by atoms with E-state index < -0.39 is 18.1 Å². The molecule has 1 aromatic rings. The average molecular weight is 287 g/mol. The first-order chi connectivity index (χ1) is 9.30. The second-order valence-corrected chi connectivity index (χ2v) is 4.58. The van der Waals surface area contributed by atoms with Gasteiger partial charge in [-0.05, 0) is 48.9 Å². The number of nitrogens with one attached hydrogen (secondary N) is 1. The van der Waals surface area contributed by atoms with Crippen LogP contribution in [0.4, 0.5) is 18.9 Å². The van der Waals surface area contributed by atoms with Crippen molar-refractivity contribution in [3.05, 3.63) is 28.8 Å². The zero-order valence-corrected chi connectivity index (χ0v) is 10.4. The smallest absolute Gasteiger partial charge is 0.471 e. The van der Waals surface area contributed by atoms with Crippen LogP contribution in [0.25, 0.3) is 0 Å². The SMILES string of the molecule is O=C(O)c1ccc(NC(=O)C(F)(F)F)c2c1CCCC2. The van der Waals surface area contributed by atoms with Crippen LogP contribution in [0.5, 0.6) is 0 Å². The average Bonchev–Trinajstić information content (AvgIpc) is 2.37. The summed E-state index contributed by atoms with van der Waals surface area (Å²) in [5.41, 5.74) is 1.15. The number of carboxylic acid groups (broad SMARTS) is 1. The van der Waals surface area contributed by atoms with Crippen molar-refractivity contribution in [3.8, 4) is 0 Å². The quantitative estimate of drug-likeness (QED) is 0.879. The van der Waals surface area contributed by atoms with Crippen molar-refractivity contribution in [2.75, 3.05) is 5.32 Å². The summed E-state index contributed by atoms with van der Waals surface area (Å²) < 4.78 is 36.8. The second kappa shape index (κ2) is 5.15. The summed E-state index contributed by atoms with van der Waals surface area (Å²) in [6.07, 6.45) is -2.47. The molecule has 0 aromatic heterocycles. The van der Waals surface area contributed by atoms with Crippen LogP contribution in [-0.2, 0) is 17.6 Å². The van der Waals surface area contributed by atoms with Gasteiger partial charge in [0.05, 0.1) is 5.56 Å². The maximum Gasteiger partial charge on any atom is 0.471 e. The van der Waals surface area contributed by atoms with E-state index in [1.54, 1.807) is 0 Å². The van der Waals surface area contributed by atoms with Crippen molar-refractivity contribution in [1.82, 2.24) is 0 Å². The Balaban J connectivity index is 2.41. The Hall–Kier alpha value is -2.05. The summed E-state index contributed by atoms with van der Waals surface area (Å²) in [5.74, 6) is -3.16. The molecule has 0 unspecified atom stereocenters. The van der Waals surface area contributed by atoms with Crippen LogP contribution in [0.15, 0.2) is 12.1 Å². The number of amides is 1. The molecular weight excluding hydrogens is 275 g/mol. The molecule has 7 heteroatoms. The lowest BCUT2D eigenvalue weighted by Gasteiger charge is -2.22. The highest BCUT2D eigenvalue weighted by molar-refractivity contribution is 5.97. The fourth-order valence-corrected chi connectivity index (χ4v) is 2.38. The number of carboxylic acids is 1. The number of benzene rings is 1. The summed E-state index contributed by atoms with van der Waals surface area (Å²) in [6.45, 7) is 0. The first-order valence-electron chi connectivity index (χ1n) is 6.07. The highest BCUT2D eigenvalue weighted by Crippen LogP contribution is 2.31. The van der Waals surface area contributed by atoms with Crippen molar-refractivity contribution in [2.24, 2.45) is 0 Å². The van der Waals surface area contributed by atoms with E-state index >= 15 is 0 Å². The highest BCUT2D eigenvalue weighted by atomic mass is 19.4. The van der Waals surface area contributed by atoms with Crippen molar-refractivity contribution in [3.63, 3.8) is 0 Å². The van der Waals surface area contributed by atoms with E-state index in [0.717, 1.165) is 12.8 Å². The van der Waals surface area contributed by atoms with E-state index in [4.69, 9.17) is 5.11 Å². The third-order valence-electron chi connectivity index (χ3n) is 3.27. The van der Waals surface area contributed by atoms with Crippen LogP contribution >= 0.6 is 0 Å². The minimum absolute atomic E-state index is 0.0482. The van der Waals surface area contributed by atoms with Gasteiger partial charge in [-0.2, -0.15) is 13.2 Å². The topological polar surface area (TPSA) is 66.4 Å². The number of carbonyl (C=O) groups is 2. The van der Waals surface area contributed by atoms with E-state index in [0.29, 0.717) is 24.0 Å². The van der Waals surface area contributed by atoms with Crippen LogP contribution in [0.1, 0.15) is 34.3 Å². The van der Waals surface area contributed by atoms with Gasteiger partial charge in [-0.15, -0.1) is 0 Å². The molecule has 0 spiro atoms. The number of rotatable bonds is 2. The molecule has 20 heavy (non-hydrogen) atoms. The normalized spacial score (nSPS) is 14.6. The molecule has 0 radical (unpaired) electrons. The summed E-state index contributed by atoms with van der Waals surface area (Å²) in [5, 5.41) is 10.9. The minimum Gasteiger partial charge on any atom is -0.478 e. The van der Waals surface area contributed by atoms with Crippen molar-refractivity contribution in [2.45, 2.75) is 31.9 Å². The Morgan fingerprint density at radius 3 is 2.25 bits per heavy atom. The number of fused-ring (bicyclic) bond motifs is 1. The Morgan fingerprint density at radius 2 is 1.70 bits per heavy atom. The third kappa shape index (κ3) is 2.76. The van der Waals surface area contributed by atoms with Gasteiger partial charge in [0.2, 0.25) is 0 Å².